The fraction of sp³-hybridized carbons (Fsp3) is 0.600. The van der Waals surface area contributed by atoms with Crippen molar-refractivity contribution in [2.75, 3.05) is 19.8 Å². The van der Waals surface area contributed by atoms with Gasteiger partial charge in [-0.1, -0.05) is 0 Å². The van der Waals surface area contributed by atoms with E-state index in [-0.39, 0.29) is 6.29 Å². The van der Waals surface area contributed by atoms with Gasteiger partial charge in [0.05, 0.1) is 0 Å². The van der Waals surface area contributed by atoms with Crippen molar-refractivity contribution < 1.29 is 14.2 Å². The first-order valence-electron chi connectivity index (χ1n) is 4.75. The quantitative estimate of drug-likeness (QED) is 0.655. The maximum Gasteiger partial charge on any atom is 0.191 e. The monoisotopic (exact) mass is 216 g/mol. The minimum Gasteiger partial charge on any atom is -0.487 e. The highest BCUT2D eigenvalue weighted by atomic mass is 32.1. The van der Waals surface area contributed by atoms with Gasteiger partial charge in [0.1, 0.15) is 12.4 Å². The van der Waals surface area contributed by atoms with Crippen molar-refractivity contribution in [1.29, 1.82) is 0 Å². The van der Waals surface area contributed by atoms with Gasteiger partial charge >= 0.3 is 0 Å². The van der Waals surface area contributed by atoms with Crippen LogP contribution in [-0.4, -0.2) is 26.1 Å². The second-order valence-electron chi connectivity index (χ2n) is 2.61. The molecule has 0 unspecified atom stereocenters. The lowest BCUT2D eigenvalue weighted by Gasteiger charge is -2.16. The summed E-state index contributed by atoms with van der Waals surface area (Å²) in [6.45, 7) is 5.60. The van der Waals surface area contributed by atoms with Crippen molar-refractivity contribution in [3.63, 3.8) is 0 Å². The molecule has 0 saturated carbocycles. The summed E-state index contributed by atoms with van der Waals surface area (Å²) < 4.78 is 16.1. The Morgan fingerprint density at radius 1 is 1.29 bits per heavy atom. The van der Waals surface area contributed by atoms with E-state index < -0.39 is 0 Å². The number of ether oxygens (including phenoxy) is 3. The van der Waals surface area contributed by atoms with Crippen LogP contribution in [0.25, 0.3) is 0 Å². The first-order valence-corrected chi connectivity index (χ1v) is 5.69. The van der Waals surface area contributed by atoms with E-state index in [4.69, 9.17) is 14.2 Å². The van der Waals surface area contributed by atoms with Crippen LogP contribution in [0.3, 0.4) is 0 Å². The Bertz CT molecular complexity index is 217. The van der Waals surface area contributed by atoms with Crippen LogP contribution in [0.5, 0.6) is 5.75 Å². The van der Waals surface area contributed by atoms with Crippen LogP contribution in [0.15, 0.2) is 16.8 Å². The molecule has 3 nitrogen and oxygen atoms in total. The van der Waals surface area contributed by atoms with Gasteiger partial charge in [-0.15, -0.1) is 11.3 Å². The summed E-state index contributed by atoms with van der Waals surface area (Å²) >= 11 is 1.61. The normalized spacial score (nSPS) is 10.8. The third-order valence-electron chi connectivity index (χ3n) is 1.59. The molecule has 0 radical (unpaired) electrons. The van der Waals surface area contributed by atoms with E-state index >= 15 is 0 Å². The molecule has 1 rings (SSSR count). The van der Waals surface area contributed by atoms with E-state index in [0.717, 1.165) is 5.75 Å². The smallest absolute Gasteiger partial charge is 0.191 e. The average Bonchev–Trinajstić information content (AvgIpc) is 2.67. The molecule has 0 atom stereocenters. The van der Waals surface area contributed by atoms with Gasteiger partial charge < -0.3 is 14.2 Å². The topological polar surface area (TPSA) is 27.7 Å². The Kier molecular flexibility index (Phi) is 5.59. The SMILES string of the molecule is CCOC(COc1ccsc1)OCC. The average molecular weight is 216 g/mol. The molecule has 0 aliphatic carbocycles. The zero-order valence-electron chi connectivity index (χ0n) is 8.56. The molecule has 0 aromatic carbocycles. The fourth-order valence-electron chi connectivity index (χ4n) is 1.01. The van der Waals surface area contributed by atoms with E-state index in [1.54, 1.807) is 11.3 Å². The van der Waals surface area contributed by atoms with Crippen LogP contribution in [0.2, 0.25) is 0 Å². The lowest BCUT2D eigenvalue weighted by molar-refractivity contribution is -0.152. The summed E-state index contributed by atoms with van der Waals surface area (Å²) in [6.07, 6.45) is -0.259. The van der Waals surface area contributed by atoms with Gasteiger partial charge in [-0.05, 0) is 25.3 Å². The largest absolute Gasteiger partial charge is 0.487 e. The standard InChI is InChI=1S/C10H16O3S/c1-3-11-10(12-4-2)7-13-9-5-6-14-8-9/h5-6,8,10H,3-4,7H2,1-2H3. The zero-order valence-corrected chi connectivity index (χ0v) is 9.38. The molecular weight excluding hydrogens is 200 g/mol. The van der Waals surface area contributed by atoms with Crippen molar-refractivity contribution in [2.45, 2.75) is 20.1 Å². The highest BCUT2D eigenvalue weighted by Crippen LogP contribution is 2.15. The zero-order chi connectivity index (χ0) is 10.2. The summed E-state index contributed by atoms with van der Waals surface area (Å²) in [6, 6.07) is 1.93. The molecule has 0 aliphatic rings. The first kappa shape index (κ1) is 11.5. The summed E-state index contributed by atoms with van der Waals surface area (Å²) in [7, 11) is 0. The van der Waals surface area contributed by atoms with Crippen molar-refractivity contribution in [3.05, 3.63) is 16.8 Å². The predicted octanol–water partition coefficient (Wildman–Crippen LogP) is 2.53. The van der Waals surface area contributed by atoms with E-state index in [1.807, 2.05) is 30.7 Å². The molecular formula is C10H16O3S. The Hall–Kier alpha value is -0.580. The van der Waals surface area contributed by atoms with E-state index in [9.17, 15) is 0 Å². The Morgan fingerprint density at radius 2 is 2.00 bits per heavy atom. The third kappa shape index (κ3) is 4.09. The maximum atomic E-state index is 5.47. The second kappa shape index (κ2) is 6.81. The van der Waals surface area contributed by atoms with E-state index in [1.165, 1.54) is 0 Å². The van der Waals surface area contributed by atoms with Gasteiger partial charge in [0, 0.05) is 18.6 Å². The molecule has 0 fully saturated rings. The Labute approximate surface area is 88.6 Å². The summed E-state index contributed by atoms with van der Waals surface area (Å²) in [4.78, 5) is 0. The summed E-state index contributed by atoms with van der Waals surface area (Å²) in [5.41, 5.74) is 0. The molecule has 14 heavy (non-hydrogen) atoms. The van der Waals surface area contributed by atoms with Crippen molar-refractivity contribution >= 4 is 11.3 Å². The molecule has 1 aromatic rings. The molecule has 0 amide bonds. The first-order chi connectivity index (χ1) is 6.86. The summed E-state index contributed by atoms with van der Waals surface area (Å²) in [5, 5.41) is 3.93. The molecule has 0 bridgehead atoms. The Balaban J connectivity index is 2.25. The highest BCUT2D eigenvalue weighted by molar-refractivity contribution is 7.08. The minimum absolute atomic E-state index is 0.259. The lowest BCUT2D eigenvalue weighted by atomic mass is 10.6. The van der Waals surface area contributed by atoms with Crippen LogP contribution < -0.4 is 4.74 Å². The highest BCUT2D eigenvalue weighted by Gasteiger charge is 2.08. The van der Waals surface area contributed by atoms with Crippen LogP contribution in [0.4, 0.5) is 0 Å². The number of hydrogen-bond donors (Lipinski definition) is 0. The van der Waals surface area contributed by atoms with Gasteiger partial charge in [0.25, 0.3) is 0 Å². The molecule has 1 aromatic heterocycles. The number of rotatable bonds is 7. The van der Waals surface area contributed by atoms with Crippen molar-refractivity contribution in [1.82, 2.24) is 0 Å². The van der Waals surface area contributed by atoms with Gasteiger partial charge in [0.15, 0.2) is 6.29 Å². The van der Waals surface area contributed by atoms with Crippen LogP contribution in [0.1, 0.15) is 13.8 Å². The third-order valence-corrected chi connectivity index (χ3v) is 2.25. The Morgan fingerprint density at radius 3 is 2.50 bits per heavy atom. The number of hydrogen-bond acceptors (Lipinski definition) is 4. The van der Waals surface area contributed by atoms with Crippen LogP contribution >= 0.6 is 11.3 Å². The number of thiophene rings is 1. The summed E-state index contributed by atoms with van der Waals surface area (Å²) in [5.74, 6) is 0.874. The van der Waals surface area contributed by atoms with Crippen LogP contribution in [0, 0.1) is 0 Å². The lowest BCUT2D eigenvalue weighted by Crippen LogP contribution is -2.25. The molecule has 4 heteroatoms. The molecule has 0 spiro atoms. The van der Waals surface area contributed by atoms with E-state index in [2.05, 4.69) is 0 Å². The van der Waals surface area contributed by atoms with Gasteiger partial charge in [-0.25, -0.2) is 0 Å². The molecule has 0 N–H and O–H groups in total. The van der Waals surface area contributed by atoms with Crippen molar-refractivity contribution in [3.8, 4) is 5.75 Å². The second-order valence-corrected chi connectivity index (χ2v) is 3.39. The fourth-order valence-corrected chi connectivity index (χ4v) is 1.59. The van der Waals surface area contributed by atoms with Gasteiger partial charge in [-0.3, -0.25) is 0 Å². The molecule has 0 saturated heterocycles. The predicted molar refractivity (Wildman–Crippen MR) is 56.9 cm³/mol. The molecule has 1 heterocycles. The van der Waals surface area contributed by atoms with Crippen molar-refractivity contribution in [2.24, 2.45) is 0 Å². The van der Waals surface area contributed by atoms with Gasteiger partial charge in [-0.2, -0.15) is 0 Å². The molecule has 0 aliphatic heterocycles. The maximum absolute atomic E-state index is 5.47. The van der Waals surface area contributed by atoms with E-state index in [0.29, 0.717) is 19.8 Å². The molecule has 80 valence electrons. The minimum atomic E-state index is -0.259. The van der Waals surface area contributed by atoms with Gasteiger partial charge in [0.2, 0.25) is 0 Å². The van der Waals surface area contributed by atoms with Crippen LogP contribution in [-0.2, 0) is 9.47 Å².